The van der Waals surface area contributed by atoms with Crippen LogP contribution in [0.5, 0.6) is 0 Å². The minimum atomic E-state index is -3.85. The lowest BCUT2D eigenvalue weighted by Gasteiger charge is -2.12. The van der Waals surface area contributed by atoms with Crippen molar-refractivity contribution in [1.29, 1.82) is 0 Å². The second-order valence-electron chi connectivity index (χ2n) is 7.02. The number of halogens is 2. The lowest BCUT2D eigenvalue weighted by atomic mass is 10.2. The van der Waals surface area contributed by atoms with Gasteiger partial charge in [0.15, 0.2) is 0 Å². The molecule has 0 radical (unpaired) electrons. The van der Waals surface area contributed by atoms with Gasteiger partial charge in [0, 0.05) is 38.4 Å². The molecule has 0 unspecified atom stereocenters. The van der Waals surface area contributed by atoms with Gasteiger partial charge in [-0.05, 0) is 23.8 Å². The Hall–Kier alpha value is -3.21. The van der Waals surface area contributed by atoms with Crippen LogP contribution in [0.25, 0.3) is 16.9 Å². The van der Waals surface area contributed by atoms with Crippen molar-refractivity contribution in [1.82, 2.24) is 24.4 Å². The van der Waals surface area contributed by atoms with Crippen LogP contribution in [-0.4, -0.2) is 53.3 Å². The molecule has 0 amide bonds. The molecule has 0 saturated heterocycles. The van der Waals surface area contributed by atoms with E-state index in [1.807, 2.05) is 30.3 Å². The molecule has 2 heterocycles. The van der Waals surface area contributed by atoms with Crippen molar-refractivity contribution in [2.45, 2.75) is 11.4 Å². The van der Waals surface area contributed by atoms with Gasteiger partial charge in [-0.15, -0.1) is 29.2 Å². The standard InChI is InChI=1S/C21H21N7O2S.2ClH/c1-27(2)15-24-31(29,30)17-8-9-19-18(12-17)20(23-13-16-6-4-3-5-7-16)26-21(25-19)28-11-10-22-14-28;;/h3-12,14-15H,13H2,1-2H3,(H,23,25,26);2*1H. The first-order chi connectivity index (χ1) is 14.9. The highest BCUT2D eigenvalue weighted by molar-refractivity contribution is 7.90. The molecule has 9 nitrogen and oxygen atoms in total. The maximum Gasteiger partial charge on any atom is 0.283 e. The summed E-state index contributed by atoms with van der Waals surface area (Å²) < 4.78 is 30.7. The van der Waals surface area contributed by atoms with Gasteiger partial charge in [-0.1, -0.05) is 30.3 Å². The number of rotatable bonds is 7. The van der Waals surface area contributed by atoms with Crippen LogP contribution >= 0.6 is 24.8 Å². The molecule has 4 rings (SSSR count). The van der Waals surface area contributed by atoms with Crippen molar-refractivity contribution < 1.29 is 8.42 Å². The van der Waals surface area contributed by atoms with Crippen LogP contribution in [0.2, 0.25) is 0 Å². The normalized spacial score (nSPS) is 11.1. The summed E-state index contributed by atoms with van der Waals surface area (Å²) in [5, 5.41) is 3.89. The lowest BCUT2D eigenvalue weighted by Crippen LogP contribution is -2.10. The smallest absolute Gasteiger partial charge is 0.283 e. The second-order valence-corrected chi connectivity index (χ2v) is 8.65. The SMILES string of the molecule is CN(C)C=NS(=O)(=O)c1ccc2nc(-n3ccnc3)nc(NCc3ccccc3)c2c1.Cl.Cl. The number of anilines is 1. The number of benzene rings is 2. The van der Waals surface area contributed by atoms with Gasteiger partial charge in [0.25, 0.3) is 10.0 Å². The molecule has 0 saturated carbocycles. The van der Waals surface area contributed by atoms with Gasteiger partial charge in [-0.2, -0.15) is 13.4 Å². The van der Waals surface area contributed by atoms with Crippen LogP contribution in [0.3, 0.4) is 0 Å². The fraction of sp³-hybridized carbons (Fsp3) is 0.143. The Kier molecular flexibility index (Phi) is 8.75. The topological polar surface area (TPSA) is 105 Å². The van der Waals surface area contributed by atoms with Crippen LogP contribution < -0.4 is 5.32 Å². The number of imidazole rings is 1. The largest absolute Gasteiger partial charge is 0.368 e. The predicted molar refractivity (Wildman–Crippen MR) is 134 cm³/mol. The van der Waals surface area contributed by atoms with Gasteiger partial charge in [-0.25, -0.2) is 9.97 Å². The Balaban J connectivity index is 0.00000193. The van der Waals surface area contributed by atoms with E-state index < -0.39 is 10.0 Å². The number of aromatic nitrogens is 4. The number of nitrogens with one attached hydrogen (secondary N) is 1. The zero-order valence-corrected chi connectivity index (χ0v) is 20.3. The van der Waals surface area contributed by atoms with Gasteiger partial charge in [0.05, 0.1) is 10.4 Å². The third kappa shape index (κ3) is 6.19. The molecule has 0 spiro atoms. The molecule has 2 aromatic heterocycles. The Labute approximate surface area is 204 Å². The first kappa shape index (κ1) is 26.0. The van der Waals surface area contributed by atoms with Crippen LogP contribution in [0.4, 0.5) is 5.82 Å². The Bertz CT molecular complexity index is 1330. The monoisotopic (exact) mass is 507 g/mol. The molecule has 33 heavy (non-hydrogen) atoms. The van der Waals surface area contributed by atoms with E-state index in [9.17, 15) is 8.42 Å². The first-order valence-electron chi connectivity index (χ1n) is 9.47. The van der Waals surface area contributed by atoms with Crippen LogP contribution in [0.15, 0.2) is 76.5 Å². The molecule has 0 bridgehead atoms. The fourth-order valence-electron chi connectivity index (χ4n) is 2.88. The molecular formula is C21H23Cl2N7O2S. The van der Waals surface area contributed by atoms with E-state index in [-0.39, 0.29) is 29.7 Å². The predicted octanol–water partition coefficient (Wildman–Crippen LogP) is 3.55. The van der Waals surface area contributed by atoms with Crippen LogP contribution in [0.1, 0.15) is 5.56 Å². The van der Waals surface area contributed by atoms with Crippen LogP contribution in [0, 0.1) is 0 Å². The molecular weight excluding hydrogens is 485 g/mol. The van der Waals surface area contributed by atoms with Crippen molar-refractivity contribution >= 4 is 57.9 Å². The second kappa shape index (κ2) is 11.1. The van der Waals surface area contributed by atoms with Gasteiger partial charge < -0.3 is 10.2 Å². The summed E-state index contributed by atoms with van der Waals surface area (Å²) in [6, 6.07) is 14.6. The quantitative estimate of drug-likeness (QED) is 0.301. The summed E-state index contributed by atoms with van der Waals surface area (Å²) in [5.74, 6) is 0.952. The highest BCUT2D eigenvalue weighted by atomic mass is 35.5. The average molecular weight is 508 g/mol. The number of fused-ring (bicyclic) bond motifs is 1. The average Bonchev–Trinajstić information content (AvgIpc) is 3.31. The van der Waals surface area contributed by atoms with E-state index >= 15 is 0 Å². The molecule has 12 heteroatoms. The van der Waals surface area contributed by atoms with Crippen molar-refractivity contribution in [2.75, 3.05) is 19.4 Å². The first-order valence-corrected chi connectivity index (χ1v) is 10.9. The summed E-state index contributed by atoms with van der Waals surface area (Å²) in [6.07, 6.45) is 6.25. The number of hydrogen-bond donors (Lipinski definition) is 1. The van der Waals surface area contributed by atoms with Crippen molar-refractivity contribution in [3.63, 3.8) is 0 Å². The zero-order chi connectivity index (χ0) is 21.8. The van der Waals surface area contributed by atoms with Crippen molar-refractivity contribution in [3.8, 4) is 5.95 Å². The molecule has 174 valence electrons. The number of sulfonamides is 1. The summed E-state index contributed by atoms with van der Waals surface area (Å²) in [5.41, 5.74) is 1.67. The van der Waals surface area contributed by atoms with Crippen molar-refractivity contribution in [2.24, 2.45) is 4.40 Å². The summed E-state index contributed by atoms with van der Waals surface area (Å²) in [6.45, 7) is 0.520. The molecule has 0 aliphatic rings. The van der Waals surface area contributed by atoms with E-state index in [4.69, 9.17) is 0 Å². The summed E-state index contributed by atoms with van der Waals surface area (Å²) in [4.78, 5) is 14.9. The van der Waals surface area contributed by atoms with Gasteiger partial charge in [-0.3, -0.25) is 4.57 Å². The highest BCUT2D eigenvalue weighted by Gasteiger charge is 2.16. The third-order valence-electron chi connectivity index (χ3n) is 4.41. The van der Waals surface area contributed by atoms with E-state index in [0.29, 0.717) is 29.2 Å². The molecule has 1 N–H and O–H groups in total. The Morgan fingerprint density at radius 1 is 1.09 bits per heavy atom. The molecule has 0 aliphatic heterocycles. The van der Waals surface area contributed by atoms with Gasteiger partial charge >= 0.3 is 0 Å². The van der Waals surface area contributed by atoms with Gasteiger partial charge in [0.1, 0.15) is 18.5 Å². The number of nitrogens with zero attached hydrogens (tertiary/aromatic N) is 6. The van der Waals surface area contributed by atoms with Crippen LogP contribution in [-0.2, 0) is 16.6 Å². The summed E-state index contributed by atoms with van der Waals surface area (Å²) >= 11 is 0. The fourth-order valence-corrected chi connectivity index (χ4v) is 3.82. The van der Waals surface area contributed by atoms with Crippen molar-refractivity contribution in [3.05, 3.63) is 72.8 Å². The van der Waals surface area contributed by atoms with E-state index in [1.165, 1.54) is 12.4 Å². The Morgan fingerprint density at radius 3 is 2.52 bits per heavy atom. The maximum atomic E-state index is 12.6. The minimum Gasteiger partial charge on any atom is -0.368 e. The molecule has 0 fully saturated rings. The van der Waals surface area contributed by atoms with E-state index in [2.05, 4.69) is 24.7 Å². The number of hydrogen-bond acceptors (Lipinski definition) is 6. The third-order valence-corrected chi connectivity index (χ3v) is 5.63. The Morgan fingerprint density at radius 2 is 1.85 bits per heavy atom. The zero-order valence-electron chi connectivity index (χ0n) is 17.9. The summed E-state index contributed by atoms with van der Waals surface area (Å²) in [7, 11) is -0.445. The minimum absolute atomic E-state index is 0. The lowest BCUT2D eigenvalue weighted by molar-refractivity contribution is 0.595. The highest BCUT2D eigenvalue weighted by Crippen LogP contribution is 2.26. The van der Waals surface area contributed by atoms with Gasteiger partial charge in [0.2, 0.25) is 5.95 Å². The van der Waals surface area contributed by atoms with E-state index in [0.717, 1.165) is 5.56 Å². The molecule has 2 aromatic carbocycles. The molecule has 0 atom stereocenters. The van der Waals surface area contributed by atoms with E-state index in [1.54, 1.807) is 54.4 Å². The molecule has 0 aliphatic carbocycles. The maximum absolute atomic E-state index is 12.6. The molecule has 4 aromatic rings.